The first kappa shape index (κ1) is 24.0. The molecule has 7 atom stereocenters. The highest BCUT2D eigenvalue weighted by Crippen LogP contribution is 2.43. The molecule has 0 aromatic heterocycles. The summed E-state index contributed by atoms with van der Waals surface area (Å²) in [6.07, 6.45) is -3.31. The first-order valence-electron chi connectivity index (χ1n) is 9.25. The second kappa shape index (κ2) is 10.2. The van der Waals surface area contributed by atoms with Gasteiger partial charge in [0.25, 0.3) is 7.82 Å². The number of phosphoric acid groups is 1. The average Bonchev–Trinajstić information content (AvgIpc) is 3.04. The molecule has 7 unspecified atom stereocenters. The Balaban J connectivity index is 1.94. The molecule has 2 saturated heterocycles. The average molecular weight is 415 g/mol. The Morgan fingerprint density at radius 3 is 2.43 bits per heavy atom. The van der Waals surface area contributed by atoms with Crippen molar-refractivity contribution >= 4 is 29.3 Å². The van der Waals surface area contributed by atoms with Crippen molar-refractivity contribution in [2.75, 3.05) is 13.2 Å². The van der Waals surface area contributed by atoms with Gasteiger partial charge < -0.3 is 32.9 Å². The molecule has 0 aromatic rings. The van der Waals surface area contributed by atoms with Crippen LogP contribution in [-0.4, -0.2) is 83.3 Å². The summed E-state index contributed by atoms with van der Waals surface area (Å²) in [4.78, 5) is 24.4. The molecule has 0 aromatic carbocycles. The highest BCUT2D eigenvalue weighted by Gasteiger charge is 2.44. The van der Waals surface area contributed by atoms with E-state index in [1.807, 2.05) is 13.8 Å². The third-order valence-corrected chi connectivity index (χ3v) is 5.08. The molecule has 0 aliphatic carbocycles. The molecular weight excluding hydrogens is 389 g/mol. The number of rotatable bonds is 10. The van der Waals surface area contributed by atoms with Gasteiger partial charge in [0, 0.05) is 6.00 Å². The highest BCUT2D eigenvalue weighted by atomic mass is 31.2. The molecule has 0 amide bonds. The minimum absolute atomic E-state index is 0.0489. The number of carbonyl (C=O) groups excluding carboxylic acids is 1. The Morgan fingerprint density at radius 2 is 1.82 bits per heavy atom. The van der Waals surface area contributed by atoms with Crippen LogP contribution in [0.3, 0.4) is 0 Å². The lowest BCUT2D eigenvalue weighted by molar-refractivity contribution is -0.234. The summed E-state index contributed by atoms with van der Waals surface area (Å²) in [5.41, 5.74) is 0. The summed E-state index contributed by atoms with van der Waals surface area (Å²) in [6.45, 7) is 6.86. The molecule has 0 spiro atoms. The second-order valence-corrected chi connectivity index (χ2v) is 8.68. The topological polar surface area (TPSA) is 113 Å². The van der Waals surface area contributed by atoms with Gasteiger partial charge in [0.1, 0.15) is 27.9 Å². The third kappa shape index (κ3) is 6.92. The third-order valence-electron chi connectivity index (χ3n) is 4.13. The molecule has 2 aliphatic rings. The highest BCUT2D eigenvalue weighted by molar-refractivity contribution is 7.45. The van der Waals surface area contributed by atoms with Crippen molar-refractivity contribution in [3.63, 3.8) is 0 Å². The van der Waals surface area contributed by atoms with E-state index in [0.717, 1.165) is 0 Å². The fourth-order valence-electron chi connectivity index (χ4n) is 2.93. The first-order valence-corrected chi connectivity index (χ1v) is 10.7. The van der Waals surface area contributed by atoms with E-state index in [0.29, 0.717) is 6.42 Å². The van der Waals surface area contributed by atoms with Crippen LogP contribution in [0.5, 0.6) is 0 Å². The van der Waals surface area contributed by atoms with Crippen LogP contribution in [0, 0.1) is 0 Å². The molecule has 9 nitrogen and oxygen atoms in total. The number of phosphoric ester groups is 1. The van der Waals surface area contributed by atoms with Gasteiger partial charge in [-0.3, -0.25) is 9.36 Å². The number of Topliss-reactive ketones (excluding diaryl/α,β-unsaturated/α-hetero) is 1. The lowest BCUT2D eigenvalue weighted by Gasteiger charge is -2.29. The minimum Gasteiger partial charge on any atom is -0.756 e. The van der Waals surface area contributed by atoms with E-state index in [-0.39, 0.29) is 25.4 Å². The van der Waals surface area contributed by atoms with Gasteiger partial charge in [0.15, 0.2) is 11.9 Å². The fourth-order valence-corrected chi connectivity index (χ4v) is 3.84. The van der Waals surface area contributed by atoms with Crippen molar-refractivity contribution in [2.45, 2.75) is 82.7 Å². The van der Waals surface area contributed by atoms with E-state index in [4.69, 9.17) is 43.7 Å². The smallest absolute Gasteiger partial charge is 0.268 e. The summed E-state index contributed by atoms with van der Waals surface area (Å²) in [5, 5.41) is 0. The zero-order valence-electron chi connectivity index (χ0n) is 16.5. The Hall–Kier alpha value is -0.250. The van der Waals surface area contributed by atoms with E-state index in [1.165, 1.54) is 0 Å². The molecule has 4 radical (unpaired) electrons. The fraction of sp³-hybridized carbons (Fsp3) is 0.938. The number of hydrogen-bond donors (Lipinski definition) is 0. The molecular formula is C16H26B2O9P-. The van der Waals surface area contributed by atoms with Gasteiger partial charge >= 0.3 is 0 Å². The van der Waals surface area contributed by atoms with Crippen molar-refractivity contribution in [3.05, 3.63) is 0 Å². The van der Waals surface area contributed by atoms with Gasteiger partial charge in [-0.1, -0.05) is 0 Å². The molecule has 2 aliphatic heterocycles. The molecule has 0 saturated carbocycles. The van der Waals surface area contributed by atoms with Gasteiger partial charge in [-0.15, -0.1) is 0 Å². The molecule has 2 heterocycles. The number of ketones is 1. The molecule has 28 heavy (non-hydrogen) atoms. The van der Waals surface area contributed by atoms with Crippen molar-refractivity contribution < 1.29 is 42.2 Å². The van der Waals surface area contributed by atoms with E-state index in [9.17, 15) is 14.3 Å². The summed E-state index contributed by atoms with van der Waals surface area (Å²) in [5.74, 6) is -0.697. The zero-order chi connectivity index (χ0) is 21.1. The SMILES string of the molecule is [B]C1CC(OC(C)C)C(COP(=O)([O-])OC2C(=O)C([B])OC2COC(C)C)O1. The maximum Gasteiger partial charge on any atom is 0.268 e. The minimum atomic E-state index is -4.86. The summed E-state index contributed by atoms with van der Waals surface area (Å²) in [7, 11) is 6.43. The van der Waals surface area contributed by atoms with Gasteiger partial charge in [0.2, 0.25) is 0 Å². The molecule has 156 valence electrons. The van der Waals surface area contributed by atoms with Crippen LogP contribution in [0.2, 0.25) is 0 Å². The lowest BCUT2D eigenvalue weighted by atomic mass is 9.95. The van der Waals surface area contributed by atoms with Gasteiger partial charge in [0.05, 0.1) is 37.5 Å². The summed E-state index contributed by atoms with van der Waals surface area (Å²) in [6, 6.07) is -1.87. The number of hydrogen-bond acceptors (Lipinski definition) is 9. The summed E-state index contributed by atoms with van der Waals surface area (Å²) < 4.78 is 43.8. The molecule has 0 bridgehead atoms. The van der Waals surface area contributed by atoms with Crippen molar-refractivity contribution in [1.82, 2.24) is 0 Å². The molecule has 0 N–H and O–H groups in total. The van der Waals surface area contributed by atoms with E-state index < -0.39 is 50.0 Å². The predicted molar refractivity (Wildman–Crippen MR) is 98.0 cm³/mol. The Labute approximate surface area is 168 Å². The van der Waals surface area contributed by atoms with E-state index in [1.54, 1.807) is 13.8 Å². The monoisotopic (exact) mass is 415 g/mol. The van der Waals surface area contributed by atoms with Crippen LogP contribution >= 0.6 is 7.82 Å². The normalized spacial score (nSPS) is 35.8. The summed E-state index contributed by atoms with van der Waals surface area (Å²) >= 11 is 0. The lowest BCUT2D eigenvalue weighted by Crippen LogP contribution is -2.36. The van der Waals surface area contributed by atoms with Crippen LogP contribution in [-0.2, 0) is 37.4 Å². The molecule has 12 heteroatoms. The largest absolute Gasteiger partial charge is 0.756 e. The van der Waals surface area contributed by atoms with E-state index >= 15 is 0 Å². The number of ether oxygens (including phenoxy) is 4. The number of carbonyl (C=O) groups is 1. The zero-order valence-corrected chi connectivity index (χ0v) is 17.4. The van der Waals surface area contributed by atoms with Crippen molar-refractivity contribution in [3.8, 4) is 0 Å². The maximum absolute atomic E-state index is 12.3. The quantitative estimate of drug-likeness (QED) is 0.354. The first-order chi connectivity index (χ1) is 13.0. The van der Waals surface area contributed by atoms with Crippen LogP contribution < -0.4 is 4.89 Å². The standard InChI is InChI=1S/C16H27B2O9P/c1-8(2)22-6-12-15(14(19)16(18)26-12)27-28(20,21)23-7-11-10(24-9(3)4)5-13(17)25-11/h8-13,15-16H,5-7H2,1-4H3,(H,20,21)/p-1. The van der Waals surface area contributed by atoms with Crippen LogP contribution in [0.15, 0.2) is 0 Å². The van der Waals surface area contributed by atoms with Gasteiger partial charge in [-0.25, -0.2) is 0 Å². The Kier molecular flexibility index (Phi) is 8.73. The predicted octanol–water partition coefficient (Wildman–Crippen LogP) is -0.179. The van der Waals surface area contributed by atoms with Crippen LogP contribution in [0.25, 0.3) is 0 Å². The Morgan fingerprint density at radius 1 is 1.14 bits per heavy atom. The van der Waals surface area contributed by atoms with Crippen molar-refractivity contribution in [2.24, 2.45) is 0 Å². The second-order valence-electron chi connectivity index (χ2n) is 7.32. The van der Waals surface area contributed by atoms with E-state index in [2.05, 4.69) is 0 Å². The molecule has 2 fully saturated rings. The molecule has 2 rings (SSSR count). The van der Waals surface area contributed by atoms with Crippen LogP contribution in [0.1, 0.15) is 34.1 Å². The maximum atomic E-state index is 12.3. The van der Waals surface area contributed by atoms with Crippen LogP contribution in [0.4, 0.5) is 0 Å². The van der Waals surface area contributed by atoms with Gasteiger partial charge in [-0.05, 0) is 34.1 Å². The van der Waals surface area contributed by atoms with Crippen molar-refractivity contribution in [1.29, 1.82) is 0 Å². The Bertz CT molecular complexity index is 576. The van der Waals surface area contributed by atoms with Gasteiger partial charge in [-0.2, -0.15) is 0 Å².